The molecule has 1 aliphatic heterocycles. The maximum absolute atomic E-state index is 14.4. The smallest absolute Gasteiger partial charge is 0.251 e. The lowest BCUT2D eigenvalue weighted by Gasteiger charge is -2.27. The van der Waals surface area contributed by atoms with Gasteiger partial charge < -0.3 is 25.2 Å². The molecule has 1 unspecified atom stereocenters. The van der Waals surface area contributed by atoms with E-state index in [9.17, 15) is 19.2 Å². The highest BCUT2D eigenvalue weighted by molar-refractivity contribution is 9.10. The van der Waals surface area contributed by atoms with E-state index in [4.69, 9.17) is 4.74 Å². The van der Waals surface area contributed by atoms with Crippen LogP contribution in [-0.2, 0) is 27.3 Å². The SMILES string of the molecule is CNC(C)C(=O)N[C@H]1CN(C(=O)Cc2ccc(C(C)=O)cc2)c2ccccc2N(Cc2c(OC)ccc3cc(Br)ccc23)C1=O.Cl. The van der Waals surface area contributed by atoms with E-state index in [1.165, 1.54) is 6.92 Å². The zero-order valence-corrected chi connectivity index (χ0v) is 28.4. The van der Waals surface area contributed by atoms with E-state index in [1.54, 1.807) is 55.1 Å². The van der Waals surface area contributed by atoms with Crippen LogP contribution in [0, 0.1) is 0 Å². The molecule has 4 aromatic rings. The standard InChI is InChI=1S/C35H35BrN4O5.ClH/c1-21(37-3)34(43)38-29-20-39(33(42)17-23-9-11-24(12-10-23)22(2)41)30-7-5-6-8-31(30)40(35(29)44)19-28-27-15-14-26(36)18-25(27)13-16-32(28)45-4;/h5-16,18,21,29,37H,17,19-20H2,1-4H3,(H,38,43);1H/t21?,29-;/m0./s1. The van der Waals surface area contributed by atoms with Gasteiger partial charge in [0, 0.05) is 15.6 Å². The highest BCUT2D eigenvalue weighted by Crippen LogP contribution is 2.37. The molecule has 5 rings (SSSR count). The summed E-state index contributed by atoms with van der Waals surface area (Å²) < 4.78 is 6.68. The fourth-order valence-corrected chi connectivity index (χ4v) is 5.88. The number of benzene rings is 4. The number of Topliss-reactive ketones (excluding diaryl/α,β-unsaturated/α-hetero) is 1. The van der Waals surface area contributed by atoms with Gasteiger partial charge in [0.2, 0.25) is 11.8 Å². The van der Waals surface area contributed by atoms with Gasteiger partial charge in [-0.2, -0.15) is 0 Å². The van der Waals surface area contributed by atoms with Gasteiger partial charge in [0.15, 0.2) is 5.78 Å². The first kappa shape index (κ1) is 34.6. The first-order valence-corrected chi connectivity index (χ1v) is 15.4. The van der Waals surface area contributed by atoms with Gasteiger partial charge in [-0.1, -0.05) is 64.5 Å². The molecule has 0 bridgehead atoms. The lowest BCUT2D eigenvalue weighted by Crippen LogP contribution is -2.55. The second-order valence-electron chi connectivity index (χ2n) is 11.0. The Labute approximate surface area is 282 Å². The molecule has 1 aliphatic rings. The van der Waals surface area contributed by atoms with Gasteiger partial charge in [0.25, 0.3) is 5.91 Å². The van der Waals surface area contributed by atoms with Gasteiger partial charge in [-0.25, -0.2) is 0 Å². The molecule has 2 N–H and O–H groups in total. The van der Waals surface area contributed by atoms with E-state index in [-0.39, 0.29) is 55.4 Å². The largest absolute Gasteiger partial charge is 0.496 e. The molecule has 4 aromatic carbocycles. The number of fused-ring (bicyclic) bond motifs is 2. The quantitative estimate of drug-likeness (QED) is 0.224. The highest BCUT2D eigenvalue weighted by Gasteiger charge is 2.37. The second-order valence-corrected chi connectivity index (χ2v) is 11.9. The van der Waals surface area contributed by atoms with Crippen LogP contribution >= 0.6 is 28.3 Å². The summed E-state index contributed by atoms with van der Waals surface area (Å²) in [6, 6.07) is 22.4. The number of ether oxygens (including phenoxy) is 1. The van der Waals surface area contributed by atoms with E-state index in [0.29, 0.717) is 22.7 Å². The van der Waals surface area contributed by atoms with Crippen LogP contribution in [0.25, 0.3) is 10.8 Å². The van der Waals surface area contributed by atoms with E-state index in [0.717, 1.165) is 26.4 Å². The maximum Gasteiger partial charge on any atom is 0.251 e. The number of likely N-dealkylation sites (N-methyl/N-ethyl adjacent to an activating group) is 1. The summed E-state index contributed by atoms with van der Waals surface area (Å²) >= 11 is 3.54. The van der Waals surface area contributed by atoms with Gasteiger partial charge in [-0.05, 0) is 67.6 Å². The van der Waals surface area contributed by atoms with Crippen molar-refractivity contribution in [2.75, 3.05) is 30.5 Å². The minimum Gasteiger partial charge on any atom is -0.496 e. The first-order chi connectivity index (χ1) is 21.6. The number of carbonyl (C=O) groups is 4. The van der Waals surface area contributed by atoms with Crippen molar-refractivity contribution in [3.8, 4) is 5.75 Å². The number of amides is 3. The maximum atomic E-state index is 14.4. The Morgan fingerprint density at radius 1 is 1.00 bits per heavy atom. The third kappa shape index (κ3) is 7.25. The summed E-state index contributed by atoms with van der Waals surface area (Å²) in [6.07, 6.45) is 0.0420. The number of anilines is 2. The number of para-hydroxylation sites is 2. The molecule has 0 radical (unpaired) electrons. The highest BCUT2D eigenvalue weighted by atomic mass is 79.9. The van der Waals surface area contributed by atoms with Crippen molar-refractivity contribution in [2.24, 2.45) is 0 Å². The number of ketones is 1. The molecule has 11 heteroatoms. The number of nitrogens with zero attached hydrogens (tertiary/aromatic N) is 2. The fourth-order valence-electron chi connectivity index (χ4n) is 5.51. The summed E-state index contributed by atoms with van der Waals surface area (Å²) in [4.78, 5) is 56.5. The number of hydrogen-bond acceptors (Lipinski definition) is 6. The van der Waals surface area contributed by atoms with Gasteiger partial charge >= 0.3 is 0 Å². The van der Waals surface area contributed by atoms with Crippen molar-refractivity contribution in [1.29, 1.82) is 0 Å². The van der Waals surface area contributed by atoms with Gasteiger partial charge in [-0.3, -0.25) is 19.2 Å². The topological polar surface area (TPSA) is 108 Å². The lowest BCUT2D eigenvalue weighted by molar-refractivity contribution is -0.128. The minimum atomic E-state index is -1.03. The Hall–Kier alpha value is -4.25. The number of nitrogens with one attached hydrogen (secondary N) is 2. The van der Waals surface area contributed by atoms with Gasteiger partial charge in [0.05, 0.1) is 44.0 Å². The van der Waals surface area contributed by atoms with Crippen molar-refractivity contribution in [2.45, 2.75) is 38.9 Å². The molecule has 0 saturated carbocycles. The summed E-state index contributed by atoms with van der Waals surface area (Å²) in [6.45, 7) is 3.28. The van der Waals surface area contributed by atoms with Crippen LogP contribution in [0.2, 0.25) is 0 Å². The number of carbonyl (C=O) groups excluding carboxylic acids is 4. The van der Waals surface area contributed by atoms with Gasteiger partial charge in [0.1, 0.15) is 11.8 Å². The number of rotatable bonds is 9. The number of methoxy groups -OCH3 is 1. The average Bonchev–Trinajstić information content (AvgIpc) is 3.15. The van der Waals surface area contributed by atoms with Crippen molar-refractivity contribution in [3.63, 3.8) is 0 Å². The Bertz CT molecular complexity index is 1780. The molecule has 2 atom stereocenters. The molecular formula is C35H36BrClN4O5. The summed E-state index contributed by atoms with van der Waals surface area (Å²) in [5, 5.41) is 7.68. The van der Waals surface area contributed by atoms with Crippen molar-refractivity contribution >= 4 is 74.0 Å². The van der Waals surface area contributed by atoms with Crippen molar-refractivity contribution < 1.29 is 23.9 Å². The van der Waals surface area contributed by atoms with E-state index >= 15 is 0 Å². The summed E-state index contributed by atoms with van der Waals surface area (Å²) in [5.41, 5.74) is 3.18. The molecule has 0 saturated heterocycles. The predicted octanol–water partition coefficient (Wildman–Crippen LogP) is 5.45. The third-order valence-electron chi connectivity index (χ3n) is 8.14. The van der Waals surface area contributed by atoms with Crippen LogP contribution in [0.4, 0.5) is 11.4 Å². The monoisotopic (exact) mass is 706 g/mol. The molecule has 3 amide bonds. The first-order valence-electron chi connectivity index (χ1n) is 14.6. The number of halogens is 2. The van der Waals surface area contributed by atoms with Crippen LogP contribution < -0.4 is 25.2 Å². The van der Waals surface area contributed by atoms with Crippen LogP contribution in [0.15, 0.2) is 83.3 Å². The zero-order valence-electron chi connectivity index (χ0n) is 26.0. The second kappa shape index (κ2) is 14.9. The van der Waals surface area contributed by atoms with E-state index < -0.39 is 12.1 Å². The molecule has 0 spiro atoms. The zero-order chi connectivity index (χ0) is 32.2. The van der Waals surface area contributed by atoms with Crippen molar-refractivity contribution in [3.05, 3.63) is 100 Å². The molecule has 0 fully saturated rings. The Kier molecular flexibility index (Phi) is 11.2. The lowest BCUT2D eigenvalue weighted by atomic mass is 10.0. The Balaban J connectivity index is 0.00000480. The number of hydrogen-bond donors (Lipinski definition) is 2. The molecule has 1 heterocycles. The minimum absolute atomic E-state index is 0. The van der Waals surface area contributed by atoms with Crippen LogP contribution in [0.3, 0.4) is 0 Å². The van der Waals surface area contributed by atoms with Gasteiger partial charge in [-0.15, -0.1) is 12.4 Å². The van der Waals surface area contributed by atoms with E-state index in [2.05, 4.69) is 26.6 Å². The Morgan fingerprint density at radius 2 is 1.70 bits per heavy atom. The van der Waals surface area contributed by atoms with Crippen LogP contribution in [0.5, 0.6) is 5.75 Å². The average molecular weight is 708 g/mol. The summed E-state index contributed by atoms with van der Waals surface area (Å²) in [5.74, 6) is -0.400. The summed E-state index contributed by atoms with van der Waals surface area (Å²) in [7, 11) is 3.26. The molecule has 9 nitrogen and oxygen atoms in total. The van der Waals surface area contributed by atoms with Crippen LogP contribution in [0.1, 0.15) is 35.3 Å². The molecular weight excluding hydrogens is 672 g/mol. The molecule has 0 aliphatic carbocycles. The fraction of sp³-hybridized carbons (Fsp3) is 0.257. The molecule has 240 valence electrons. The van der Waals surface area contributed by atoms with Crippen molar-refractivity contribution in [1.82, 2.24) is 10.6 Å². The molecule has 0 aromatic heterocycles. The third-order valence-corrected chi connectivity index (χ3v) is 8.63. The molecule has 46 heavy (non-hydrogen) atoms. The predicted molar refractivity (Wildman–Crippen MR) is 186 cm³/mol. The van der Waals surface area contributed by atoms with E-state index in [1.807, 2.05) is 54.6 Å². The normalized spacial score (nSPS) is 15.0. The van der Waals surface area contributed by atoms with Crippen LogP contribution in [-0.4, -0.2) is 56.3 Å². The Morgan fingerprint density at radius 3 is 2.35 bits per heavy atom.